The predicted molar refractivity (Wildman–Crippen MR) is 272 cm³/mol. The zero-order valence-electron chi connectivity index (χ0n) is 35.9. The lowest BCUT2D eigenvalue weighted by molar-refractivity contribution is 0.748. The Hall–Kier alpha value is -8.67. The molecule has 2 atom stereocenters. The highest BCUT2D eigenvalue weighted by atomic mass is 15.2. The molecule has 0 fully saturated rings. The summed E-state index contributed by atoms with van der Waals surface area (Å²) in [6.07, 6.45) is 7.26. The van der Waals surface area contributed by atoms with Crippen LogP contribution in [-0.4, -0.2) is 25.6 Å². The Kier molecular flexibility index (Phi) is 8.91. The first-order valence-corrected chi connectivity index (χ1v) is 22.6. The van der Waals surface area contributed by atoms with Crippen molar-refractivity contribution in [2.45, 2.75) is 12.0 Å². The maximum Gasteiger partial charge on any atom is 0.238 e. The average Bonchev–Trinajstić information content (AvgIpc) is 3.90. The van der Waals surface area contributed by atoms with Gasteiger partial charge in [0.25, 0.3) is 0 Å². The van der Waals surface area contributed by atoms with E-state index >= 15 is 0 Å². The van der Waals surface area contributed by atoms with Gasteiger partial charge in [-0.2, -0.15) is 9.97 Å². The minimum absolute atomic E-state index is 0.112. The number of anilines is 2. The van der Waals surface area contributed by atoms with E-state index in [-0.39, 0.29) is 12.0 Å². The van der Waals surface area contributed by atoms with E-state index in [1.165, 1.54) is 50.0 Å². The van der Waals surface area contributed by atoms with Crippen molar-refractivity contribution in [2.24, 2.45) is 0 Å². The molecule has 0 saturated carbocycles. The Balaban J connectivity index is 0.991. The summed E-state index contributed by atoms with van der Waals surface area (Å²) in [6, 6.07) is 77.9. The number of hydrogen-bond acceptors (Lipinski definition) is 4. The lowest BCUT2D eigenvalue weighted by atomic mass is 9.85. The fourth-order valence-electron chi connectivity index (χ4n) is 10.2. The minimum atomic E-state index is 0.112. The Morgan fingerprint density at radius 2 is 0.909 bits per heavy atom. The van der Waals surface area contributed by atoms with Crippen molar-refractivity contribution in [3.05, 3.63) is 248 Å². The number of fused-ring (bicyclic) bond motifs is 7. The first kappa shape index (κ1) is 37.8. The summed E-state index contributed by atoms with van der Waals surface area (Å²) in [4.78, 5) is 18.0. The van der Waals surface area contributed by atoms with E-state index in [9.17, 15) is 0 Å². The molecule has 5 nitrogen and oxygen atoms in total. The zero-order valence-corrected chi connectivity index (χ0v) is 35.9. The fourth-order valence-corrected chi connectivity index (χ4v) is 10.2. The van der Waals surface area contributed by atoms with Crippen LogP contribution < -0.4 is 4.90 Å². The van der Waals surface area contributed by atoms with E-state index in [0.717, 1.165) is 44.1 Å². The second kappa shape index (κ2) is 15.5. The molecule has 0 bridgehead atoms. The van der Waals surface area contributed by atoms with E-state index in [1.807, 2.05) is 36.4 Å². The van der Waals surface area contributed by atoms with Gasteiger partial charge in [-0.25, -0.2) is 4.98 Å². The molecule has 5 heteroatoms. The molecule has 0 amide bonds. The molecule has 9 aromatic carbocycles. The molecule has 1 aliphatic carbocycles. The highest BCUT2D eigenvalue weighted by Crippen LogP contribution is 2.52. The largest absolute Gasteiger partial charge is 0.333 e. The monoisotopic (exact) mass is 843 g/mol. The lowest BCUT2D eigenvalue weighted by Crippen LogP contribution is -2.29. The van der Waals surface area contributed by atoms with Crippen LogP contribution >= 0.6 is 0 Å². The average molecular weight is 844 g/mol. The van der Waals surface area contributed by atoms with Crippen LogP contribution in [0, 0.1) is 0 Å². The normalized spacial score (nSPS) is 15.3. The molecule has 2 aromatic heterocycles. The van der Waals surface area contributed by atoms with Crippen molar-refractivity contribution in [1.82, 2.24) is 19.5 Å². The summed E-state index contributed by atoms with van der Waals surface area (Å²) in [6.45, 7) is 0. The van der Waals surface area contributed by atoms with Crippen molar-refractivity contribution in [3.8, 4) is 51.0 Å². The molecular weight excluding hydrogens is 803 g/mol. The Labute approximate surface area is 383 Å². The number of allylic oxidation sites excluding steroid dienone is 2. The van der Waals surface area contributed by atoms with E-state index in [1.54, 1.807) is 0 Å². The lowest BCUT2D eigenvalue weighted by Gasteiger charge is -2.30. The van der Waals surface area contributed by atoms with Gasteiger partial charge < -0.3 is 4.90 Å². The summed E-state index contributed by atoms with van der Waals surface area (Å²) >= 11 is 0. The van der Waals surface area contributed by atoms with Gasteiger partial charge in [0, 0.05) is 44.6 Å². The SMILES string of the molecule is C1=CC2C(C=C1c1ccc3c(c1)c1cc(-c4ccccc4)ccc1n3-c1nc(-c3ccccc3)nc(-c3ccccc3)n1)c1cc(-c3ccccc3)ccc1N2c1cccc2ccccc12. The molecule has 310 valence electrons. The second-order valence-electron chi connectivity index (χ2n) is 17.2. The molecule has 0 saturated heterocycles. The van der Waals surface area contributed by atoms with Crippen LogP contribution in [0.15, 0.2) is 237 Å². The molecule has 0 radical (unpaired) electrons. The van der Waals surface area contributed by atoms with Crippen molar-refractivity contribution in [3.63, 3.8) is 0 Å². The van der Waals surface area contributed by atoms with Crippen LogP contribution in [0.4, 0.5) is 11.4 Å². The Bertz CT molecular complexity index is 3640. The van der Waals surface area contributed by atoms with Gasteiger partial charge in [-0.1, -0.05) is 194 Å². The summed E-state index contributed by atoms with van der Waals surface area (Å²) < 4.78 is 2.21. The van der Waals surface area contributed by atoms with Crippen LogP contribution in [0.25, 0.3) is 89.1 Å². The van der Waals surface area contributed by atoms with Crippen molar-refractivity contribution in [2.75, 3.05) is 4.90 Å². The Morgan fingerprint density at radius 1 is 0.379 bits per heavy atom. The molecule has 2 unspecified atom stereocenters. The number of nitrogens with zero attached hydrogens (tertiary/aromatic N) is 5. The molecule has 13 rings (SSSR count). The predicted octanol–water partition coefficient (Wildman–Crippen LogP) is 15.0. The van der Waals surface area contributed by atoms with Crippen LogP contribution in [0.1, 0.15) is 17.0 Å². The van der Waals surface area contributed by atoms with Gasteiger partial charge in [0.05, 0.1) is 17.1 Å². The first-order valence-electron chi connectivity index (χ1n) is 22.6. The van der Waals surface area contributed by atoms with E-state index in [4.69, 9.17) is 15.0 Å². The van der Waals surface area contributed by atoms with E-state index in [2.05, 4.69) is 210 Å². The molecular formula is C61H41N5. The van der Waals surface area contributed by atoms with Gasteiger partial charge in [-0.3, -0.25) is 4.57 Å². The molecule has 0 spiro atoms. The van der Waals surface area contributed by atoms with Crippen LogP contribution in [0.3, 0.4) is 0 Å². The smallest absolute Gasteiger partial charge is 0.238 e. The summed E-state index contributed by atoms with van der Waals surface area (Å²) in [7, 11) is 0. The van der Waals surface area contributed by atoms with Crippen molar-refractivity contribution in [1.29, 1.82) is 0 Å². The van der Waals surface area contributed by atoms with Gasteiger partial charge in [-0.05, 0) is 86.8 Å². The quantitative estimate of drug-likeness (QED) is 0.160. The Morgan fingerprint density at radius 3 is 1.56 bits per heavy atom. The number of benzene rings is 9. The second-order valence-corrected chi connectivity index (χ2v) is 17.2. The third-order valence-electron chi connectivity index (χ3n) is 13.4. The highest BCUT2D eigenvalue weighted by Gasteiger charge is 2.39. The molecule has 66 heavy (non-hydrogen) atoms. The molecule has 3 heterocycles. The van der Waals surface area contributed by atoms with Crippen LogP contribution in [0.2, 0.25) is 0 Å². The molecule has 0 N–H and O–H groups in total. The zero-order chi connectivity index (χ0) is 43.6. The van der Waals surface area contributed by atoms with Gasteiger partial charge in [0.1, 0.15) is 0 Å². The van der Waals surface area contributed by atoms with Gasteiger partial charge >= 0.3 is 0 Å². The third-order valence-corrected chi connectivity index (χ3v) is 13.4. The van der Waals surface area contributed by atoms with Gasteiger partial charge in [-0.15, -0.1) is 0 Å². The van der Waals surface area contributed by atoms with E-state index in [0.29, 0.717) is 17.6 Å². The molecule has 2 aliphatic rings. The highest BCUT2D eigenvalue weighted by molar-refractivity contribution is 6.11. The summed E-state index contributed by atoms with van der Waals surface area (Å²) in [5, 5.41) is 4.76. The van der Waals surface area contributed by atoms with Gasteiger partial charge in [0.2, 0.25) is 5.95 Å². The number of rotatable bonds is 7. The fraction of sp³-hybridized carbons (Fsp3) is 0.0328. The van der Waals surface area contributed by atoms with Crippen molar-refractivity contribution < 1.29 is 0 Å². The van der Waals surface area contributed by atoms with E-state index < -0.39 is 0 Å². The summed E-state index contributed by atoms with van der Waals surface area (Å²) in [5.74, 6) is 1.96. The topological polar surface area (TPSA) is 46.8 Å². The van der Waals surface area contributed by atoms with Crippen molar-refractivity contribution >= 4 is 49.5 Å². The summed E-state index contributed by atoms with van der Waals surface area (Å²) in [5.41, 5.74) is 14.9. The third kappa shape index (κ3) is 6.35. The van der Waals surface area contributed by atoms with Crippen LogP contribution in [0.5, 0.6) is 0 Å². The minimum Gasteiger partial charge on any atom is -0.333 e. The first-order chi connectivity index (χ1) is 32.7. The maximum absolute atomic E-state index is 5.22. The number of hydrogen-bond donors (Lipinski definition) is 0. The maximum atomic E-state index is 5.22. The molecule has 1 aliphatic heterocycles. The molecule has 11 aromatic rings. The van der Waals surface area contributed by atoms with Gasteiger partial charge in [0.15, 0.2) is 11.6 Å². The van der Waals surface area contributed by atoms with Crippen LogP contribution in [-0.2, 0) is 0 Å². The number of aromatic nitrogens is 4. The standard InChI is InChI=1S/C61H41N5/c1-5-16-40(17-6-1)45-28-32-55-50(36-45)51-38-47(30-33-56(51)65(55)54-27-15-25-42-20-13-14-26-49(42)54)48-31-35-58-53(39-48)52-37-46(41-18-7-2-8-19-41)29-34-57(52)66(58)61-63-59(43-21-9-3-10-22-43)62-60(64-61)44-23-11-4-12-24-44/h1-39,51,56H.